The van der Waals surface area contributed by atoms with Crippen LogP contribution < -0.4 is 4.74 Å². The summed E-state index contributed by atoms with van der Waals surface area (Å²) in [5, 5.41) is 15.4. The maximum absolute atomic E-state index is 10.6. The Labute approximate surface area is 226 Å². The van der Waals surface area contributed by atoms with Crippen molar-refractivity contribution >= 4 is 33.5 Å². The molecule has 14 heteroatoms. The first-order valence-corrected chi connectivity index (χ1v) is 12.1. The summed E-state index contributed by atoms with van der Waals surface area (Å²) in [7, 11) is 0. The molecule has 212 valence electrons. The number of rotatable bonds is 2. The summed E-state index contributed by atoms with van der Waals surface area (Å²) in [6.07, 6.45) is -5.51. The summed E-state index contributed by atoms with van der Waals surface area (Å²) in [6.45, 7) is 2.83. The molecule has 2 N–H and O–H groups in total. The van der Waals surface area contributed by atoms with Crippen LogP contribution in [-0.4, -0.2) is 51.1 Å². The van der Waals surface area contributed by atoms with Crippen molar-refractivity contribution in [2.45, 2.75) is 31.6 Å². The minimum atomic E-state index is -5.08. The van der Waals surface area contributed by atoms with Crippen molar-refractivity contribution in [2.24, 2.45) is 0 Å². The molecule has 0 bridgehead atoms. The number of halogens is 6. The van der Waals surface area contributed by atoms with Crippen LogP contribution in [0.2, 0.25) is 0 Å². The molecule has 0 saturated heterocycles. The van der Waals surface area contributed by atoms with Gasteiger partial charge < -0.3 is 14.9 Å². The third-order valence-corrected chi connectivity index (χ3v) is 6.56. The molecule has 0 radical (unpaired) electrons. The van der Waals surface area contributed by atoms with Gasteiger partial charge >= 0.3 is 24.3 Å². The molecule has 2 aromatic carbocycles. The first kappa shape index (κ1) is 30.3. The molecular weight excluding hydrogens is 566 g/mol. The molecule has 0 saturated carbocycles. The van der Waals surface area contributed by atoms with Crippen LogP contribution in [0.25, 0.3) is 21.3 Å². The van der Waals surface area contributed by atoms with Crippen molar-refractivity contribution < 1.29 is 50.9 Å². The van der Waals surface area contributed by atoms with Gasteiger partial charge in [0.1, 0.15) is 10.8 Å². The number of ether oxygens (including phenoxy) is 1. The number of benzene rings is 2. The predicted octanol–water partition coefficient (Wildman–Crippen LogP) is 6.65. The van der Waals surface area contributed by atoms with Gasteiger partial charge in [-0.1, -0.05) is 23.8 Å². The molecule has 4 aromatic rings. The number of aromatic nitrogens is 2. The lowest BCUT2D eigenvalue weighted by molar-refractivity contribution is -0.193. The Morgan fingerprint density at radius 2 is 1.50 bits per heavy atom. The highest BCUT2D eigenvalue weighted by atomic mass is 32.1. The zero-order valence-electron chi connectivity index (χ0n) is 20.5. The zero-order chi connectivity index (χ0) is 29.7. The van der Waals surface area contributed by atoms with Crippen LogP contribution in [0.4, 0.5) is 26.3 Å². The molecule has 0 amide bonds. The van der Waals surface area contributed by atoms with E-state index in [9.17, 15) is 26.3 Å². The number of carbonyl (C=O) groups is 2. The molecule has 1 atom stereocenters. The van der Waals surface area contributed by atoms with Crippen LogP contribution in [0.5, 0.6) is 5.75 Å². The monoisotopic (exact) mass is 586 g/mol. The summed E-state index contributed by atoms with van der Waals surface area (Å²) in [5.41, 5.74) is 6.02. The summed E-state index contributed by atoms with van der Waals surface area (Å²) >= 11 is 1.78. The molecule has 0 spiro atoms. The van der Waals surface area contributed by atoms with E-state index in [2.05, 4.69) is 48.3 Å². The minimum absolute atomic E-state index is 0.325. The van der Waals surface area contributed by atoms with E-state index >= 15 is 0 Å². The van der Waals surface area contributed by atoms with Crippen molar-refractivity contribution in [1.82, 2.24) is 9.97 Å². The average molecular weight is 587 g/mol. The number of fused-ring (bicyclic) bond motifs is 2. The van der Waals surface area contributed by atoms with E-state index in [4.69, 9.17) is 29.5 Å². The number of alkyl halides is 6. The van der Waals surface area contributed by atoms with E-state index < -0.39 is 24.3 Å². The van der Waals surface area contributed by atoms with E-state index in [1.165, 1.54) is 32.0 Å². The van der Waals surface area contributed by atoms with Crippen LogP contribution >= 0.6 is 11.3 Å². The number of pyridine rings is 1. The Bertz CT molecular complexity index is 1460. The number of hydrogen-bond acceptors (Lipinski definition) is 6. The summed E-state index contributed by atoms with van der Waals surface area (Å²) in [4.78, 5) is 26.8. The highest BCUT2D eigenvalue weighted by Gasteiger charge is 2.38. The van der Waals surface area contributed by atoms with Crippen LogP contribution in [-0.2, 0) is 16.0 Å². The summed E-state index contributed by atoms with van der Waals surface area (Å²) in [5.74, 6) is -4.17. The summed E-state index contributed by atoms with van der Waals surface area (Å²) in [6, 6.07) is 17.0. The Hall–Kier alpha value is -4.20. The second kappa shape index (κ2) is 12.3. The van der Waals surface area contributed by atoms with Gasteiger partial charge in [0.15, 0.2) is 0 Å². The van der Waals surface area contributed by atoms with Gasteiger partial charge in [0.05, 0.1) is 16.8 Å². The maximum atomic E-state index is 10.6. The third-order valence-electron chi connectivity index (χ3n) is 5.38. The number of carboxylic acid groups (broad SMARTS) is 2. The standard InChI is InChI=1S/C22H18N2OS.2C2HF3O2/c1-14-2-5-20-17(10-14)11-18(13-25-20)22-24-19-4-3-16(12-21(19)26-22)15-6-8-23-9-7-15;2*3-2(4,5)1(6)7/h2-10,12,18H,11,13H2,1H3;2*(H,6,7). The van der Waals surface area contributed by atoms with Crippen LogP contribution in [0.1, 0.15) is 22.1 Å². The molecule has 0 fully saturated rings. The fourth-order valence-corrected chi connectivity index (χ4v) is 4.61. The second-order valence-corrected chi connectivity index (χ2v) is 9.46. The van der Waals surface area contributed by atoms with E-state index in [-0.39, 0.29) is 0 Å². The Morgan fingerprint density at radius 3 is 2.08 bits per heavy atom. The van der Waals surface area contributed by atoms with Gasteiger partial charge in [0.2, 0.25) is 0 Å². The van der Waals surface area contributed by atoms with E-state index in [0.717, 1.165) is 17.7 Å². The molecule has 40 heavy (non-hydrogen) atoms. The smallest absolute Gasteiger partial charge is 0.490 e. The predicted molar refractivity (Wildman–Crippen MR) is 133 cm³/mol. The van der Waals surface area contributed by atoms with Gasteiger partial charge in [0.25, 0.3) is 0 Å². The number of carboxylic acids is 2. The van der Waals surface area contributed by atoms with Crippen LogP contribution in [0, 0.1) is 6.92 Å². The first-order chi connectivity index (χ1) is 18.6. The van der Waals surface area contributed by atoms with E-state index in [0.29, 0.717) is 12.5 Å². The molecule has 2 aromatic heterocycles. The zero-order valence-corrected chi connectivity index (χ0v) is 21.3. The Balaban J connectivity index is 0.000000263. The molecule has 7 nitrogen and oxygen atoms in total. The molecular formula is C26H20F6N2O5S. The lowest BCUT2D eigenvalue weighted by Gasteiger charge is -2.24. The Morgan fingerprint density at radius 1 is 0.900 bits per heavy atom. The second-order valence-electron chi connectivity index (χ2n) is 8.40. The van der Waals surface area contributed by atoms with Gasteiger partial charge in [-0.25, -0.2) is 14.6 Å². The molecule has 0 aliphatic carbocycles. The average Bonchev–Trinajstić information content (AvgIpc) is 3.32. The fourth-order valence-electron chi connectivity index (χ4n) is 3.52. The normalized spacial score (nSPS) is 14.5. The fraction of sp³-hybridized carbons (Fsp3) is 0.231. The molecule has 3 heterocycles. The SMILES string of the molecule is Cc1ccc2c(c1)CC(c1nc3ccc(-c4ccncc4)cc3s1)CO2.O=C(O)C(F)(F)F.O=C(O)C(F)(F)F. The van der Waals surface area contributed by atoms with Crippen molar-refractivity contribution in [1.29, 1.82) is 0 Å². The van der Waals surface area contributed by atoms with Crippen LogP contribution in [0.15, 0.2) is 60.9 Å². The minimum Gasteiger partial charge on any atom is -0.493 e. The lowest BCUT2D eigenvalue weighted by atomic mass is 9.96. The van der Waals surface area contributed by atoms with Crippen molar-refractivity contribution in [3.8, 4) is 16.9 Å². The van der Waals surface area contributed by atoms with Gasteiger partial charge in [0, 0.05) is 18.3 Å². The van der Waals surface area contributed by atoms with Gasteiger partial charge in [-0.3, -0.25) is 4.98 Å². The maximum Gasteiger partial charge on any atom is 0.490 e. The number of hydrogen-bond donors (Lipinski definition) is 2. The van der Waals surface area contributed by atoms with Crippen LogP contribution in [0.3, 0.4) is 0 Å². The van der Waals surface area contributed by atoms with Crippen molar-refractivity contribution in [3.63, 3.8) is 0 Å². The topological polar surface area (TPSA) is 110 Å². The number of nitrogens with zero attached hydrogens (tertiary/aromatic N) is 2. The quantitative estimate of drug-likeness (QED) is 0.253. The van der Waals surface area contributed by atoms with Gasteiger partial charge in [-0.2, -0.15) is 26.3 Å². The largest absolute Gasteiger partial charge is 0.493 e. The molecule has 1 aliphatic heterocycles. The molecule has 1 unspecified atom stereocenters. The summed E-state index contributed by atoms with van der Waals surface area (Å²) < 4.78 is 70.7. The lowest BCUT2D eigenvalue weighted by Crippen LogP contribution is -2.21. The highest BCUT2D eigenvalue weighted by molar-refractivity contribution is 7.18. The third kappa shape index (κ3) is 8.15. The number of thiazole rings is 1. The van der Waals surface area contributed by atoms with Crippen molar-refractivity contribution in [3.05, 3.63) is 77.1 Å². The van der Waals surface area contributed by atoms with Gasteiger partial charge in [-0.05, 0) is 60.4 Å². The van der Waals surface area contributed by atoms with E-state index in [1.807, 2.05) is 24.5 Å². The van der Waals surface area contributed by atoms with E-state index in [1.54, 1.807) is 11.3 Å². The molecule has 1 aliphatic rings. The Kier molecular flexibility index (Phi) is 9.35. The molecule has 5 rings (SSSR count). The van der Waals surface area contributed by atoms with Crippen molar-refractivity contribution in [2.75, 3.05) is 6.61 Å². The number of aliphatic carboxylic acids is 2. The number of aryl methyl sites for hydroxylation is 1. The highest BCUT2D eigenvalue weighted by Crippen LogP contribution is 2.37. The first-order valence-electron chi connectivity index (χ1n) is 11.3. The van der Waals surface area contributed by atoms with Gasteiger partial charge in [-0.15, -0.1) is 11.3 Å².